The molecule has 0 amide bonds. The molecule has 1 aromatic carbocycles. The van der Waals surface area contributed by atoms with Crippen LogP contribution in [0.4, 0.5) is 0 Å². The molecule has 1 unspecified atom stereocenters. The van der Waals surface area contributed by atoms with Gasteiger partial charge >= 0.3 is 0 Å². The molecule has 0 saturated carbocycles. The number of hydrogen-bond donors (Lipinski definition) is 2. The minimum atomic E-state index is -0.421. The third-order valence-corrected chi connectivity index (χ3v) is 2.62. The minimum absolute atomic E-state index is 0.421. The first kappa shape index (κ1) is 10.4. The van der Waals surface area contributed by atoms with Crippen LogP contribution in [0.15, 0.2) is 24.4 Å². The topological polar surface area (TPSA) is 67.6 Å². The van der Waals surface area contributed by atoms with E-state index in [2.05, 4.69) is 15.4 Å². The van der Waals surface area contributed by atoms with Gasteiger partial charge in [0.2, 0.25) is 0 Å². The molecule has 78 valence electrons. The lowest BCUT2D eigenvalue weighted by Gasteiger charge is -2.10. The van der Waals surface area contributed by atoms with E-state index in [1.54, 1.807) is 24.4 Å². The van der Waals surface area contributed by atoms with Gasteiger partial charge in [-0.1, -0.05) is 23.2 Å². The molecule has 15 heavy (non-hydrogen) atoms. The van der Waals surface area contributed by atoms with E-state index in [0.717, 1.165) is 5.56 Å². The van der Waals surface area contributed by atoms with Gasteiger partial charge in [-0.2, -0.15) is 15.4 Å². The maximum Gasteiger partial charge on any atom is 0.104 e. The summed E-state index contributed by atoms with van der Waals surface area (Å²) in [5, 5.41) is 11.2. The van der Waals surface area contributed by atoms with Crippen molar-refractivity contribution in [2.75, 3.05) is 0 Å². The smallest absolute Gasteiger partial charge is 0.104 e. The number of rotatable bonds is 2. The van der Waals surface area contributed by atoms with Crippen molar-refractivity contribution in [3.63, 3.8) is 0 Å². The SMILES string of the molecule is NC(c1cn[nH]n1)c1cc(Cl)ccc1Cl. The number of nitrogens with zero attached hydrogens (tertiary/aromatic N) is 2. The lowest BCUT2D eigenvalue weighted by atomic mass is 10.1. The van der Waals surface area contributed by atoms with Crippen molar-refractivity contribution in [1.82, 2.24) is 15.4 Å². The summed E-state index contributed by atoms with van der Waals surface area (Å²) in [6.45, 7) is 0. The molecule has 2 aromatic rings. The minimum Gasteiger partial charge on any atom is -0.319 e. The van der Waals surface area contributed by atoms with Gasteiger partial charge < -0.3 is 5.73 Å². The lowest BCUT2D eigenvalue weighted by molar-refractivity contribution is 0.810. The Labute approximate surface area is 96.4 Å². The number of nitrogens with one attached hydrogen (secondary N) is 1. The Hall–Kier alpha value is -1.10. The molecule has 0 saturated heterocycles. The number of aromatic nitrogens is 3. The summed E-state index contributed by atoms with van der Waals surface area (Å²) in [5.41, 5.74) is 7.32. The third kappa shape index (κ3) is 2.12. The first-order chi connectivity index (χ1) is 7.18. The summed E-state index contributed by atoms with van der Waals surface area (Å²) >= 11 is 11.9. The number of hydrogen-bond acceptors (Lipinski definition) is 3. The van der Waals surface area contributed by atoms with E-state index in [0.29, 0.717) is 15.7 Å². The normalized spacial score (nSPS) is 12.7. The average Bonchev–Trinajstić information content (AvgIpc) is 2.74. The van der Waals surface area contributed by atoms with Gasteiger partial charge in [-0.25, -0.2) is 0 Å². The fourth-order valence-electron chi connectivity index (χ4n) is 1.27. The van der Waals surface area contributed by atoms with E-state index in [1.807, 2.05) is 0 Å². The Morgan fingerprint density at radius 3 is 2.80 bits per heavy atom. The van der Waals surface area contributed by atoms with Crippen LogP contribution in [-0.4, -0.2) is 15.4 Å². The average molecular weight is 243 g/mol. The molecule has 0 aliphatic carbocycles. The predicted molar refractivity (Wildman–Crippen MR) is 58.9 cm³/mol. The van der Waals surface area contributed by atoms with Crippen LogP contribution >= 0.6 is 23.2 Å². The van der Waals surface area contributed by atoms with Crippen LogP contribution in [0, 0.1) is 0 Å². The highest BCUT2D eigenvalue weighted by atomic mass is 35.5. The monoisotopic (exact) mass is 242 g/mol. The van der Waals surface area contributed by atoms with Crippen LogP contribution in [0.3, 0.4) is 0 Å². The second kappa shape index (κ2) is 4.18. The molecular formula is C9H8Cl2N4. The molecule has 0 spiro atoms. The molecule has 0 aliphatic rings. The summed E-state index contributed by atoms with van der Waals surface area (Å²) in [7, 11) is 0. The van der Waals surface area contributed by atoms with Crippen molar-refractivity contribution in [3.05, 3.63) is 45.7 Å². The van der Waals surface area contributed by atoms with E-state index < -0.39 is 6.04 Å². The zero-order valence-corrected chi connectivity index (χ0v) is 9.13. The van der Waals surface area contributed by atoms with E-state index in [1.165, 1.54) is 0 Å². The molecule has 0 fully saturated rings. The van der Waals surface area contributed by atoms with Gasteiger partial charge in [0, 0.05) is 10.0 Å². The Morgan fingerprint density at radius 2 is 2.13 bits per heavy atom. The van der Waals surface area contributed by atoms with Crippen molar-refractivity contribution in [1.29, 1.82) is 0 Å². The largest absolute Gasteiger partial charge is 0.319 e. The van der Waals surface area contributed by atoms with Gasteiger partial charge in [0.05, 0.1) is 12.2 Å². The van der Waals surface area contributed by atoms with E-state index >= 15 is 0 Å². The standard InChI is InChI=1S/C9H8Cl2N4/c10-5-1-2-7(11)6(3-5)9(12)8-4-13-15-14-8/h1-4,9H,12H2,(H,13,14,15). The van der Waals surface area contributed by atoms with Gasteiger partial charge in [-0.05, 0) is 23.8 Å². The van der Waals surface area contributed by atoms with E-state index in [9.17, 15) is 0 Å². The maximum atomic E-state index is 6.01. The van der Waals surface area contributed by atoms with Gasteiger partial charge in [-0.15, -0.1) is 0 Å². The molecule has 6 heteroatoms. The number of halogens is 2. The van der Waals surface area contributed by atoms with Crippen LogP contribution in [0.25, 0.3) is 0 Å². The molecule has 1 atom stereocenters. The molecule has 2 rings (SSSR count). The second-order valence-corrected chi connectivity index (χ2v) is 3.88. The van der Waals surface area contributed by atoms with Gasteiger partial charge in [0.25, 0.3) is 0 Å². The van der Waals surface area contributed by atoms with Crippen LogP contribution in [0.5, 0.6) is 0 Å². The summed E-state index contributed by atoms with van der Waals surface area (Å²) < 4.78 is 0. The fraction of sp³-hybridized carbons (Fsp3) is 0.111. The Kier molecular flexibility index (Phi) is 2.90. The highest BCUT2D eigenvalue weighted by molar-refractivity contribution is 6.33. The van der Waals surface area contributed by atoms with Crippen molar-refractivity contribution in [3.8, 4) is 0 Å². The third-order valence-electron chi connectivity index (χ3n) is 2.05. The zero-order chi connectivity index (χ0) is 10.8. The summed E-state index contributed by atoms with van der Waals surface area (Å²) in [6.07, 6.45) is 1.56. The number of benzene rings is 1. The summed E-state index contributed by atoms with van der Waals surface area (Å²) in [4.78, 5) is 0. The molecule has 4 nitrogen and oxygen atoms in total. The Morgan fingerprint density at radius 1 is 1.33 bits per heavy atom. The van der Waals surface area contributed by atoms with Gasteiger partial charge in [-0.3, -0.25) is 0 Å². The number of aromatic amines is 1. The molecular weight excluding hydrogens is 235 g/mol. The van der Waals surface area contributed by atoms with Crippen LogP contribution < -0.4 is 5.73 Å². The van der Waals surface area contributed by atoms with Crippen molar-refractivity contribution in [2.45, 2.75) is 6.04 Å². The van der Waals surface area contributed by atoms with Gasteiger partial charge in [0.15, 0.2) is 0 Å². The van der Waals surface area contributed by atoms with Crippen LogP contribution in [-0.2, 0) is 0 Å². The van der Waals surface area contributed by atoms with Crippen LogP contribution in [0.2, 0.25) is 10.0 Å². The first-order valence-corrected chi connectivity index (χ1v) is 5.00. The maximum absolute atomic E-state index is 6.01. The fourth-order valence-corrected chi connectivity index (χ4v) is 1.69. The molecule has 0 bridgehead atoms. The summed E-state index contributed by atoms with van der Waals surface area (Å²) in [6, 6.07) is 4.72. The quantitative estimate of drug-likeness (QED) is 0.849. The highest BCUT2D eigenvalue weighted by Crippen LogP contribution is 2.27. The highest BCUT2D eigenvalue weighted by Gasteiger charge is 2.15. The van der Waals surface area contributed by atoms with Crippen molar-refractivity contribution < 1.29 is 0 Å². The molecule has 0 radical (unpaired) electrons. The molecule has 1 heterocycles. The molecule has 0 aliphatic heterocycles. The number of H-pyrrole nitrogens is 1. The Balaban J connectivity index is 2.41. The predicted octanol–water partition coefficient (Wildman–Crippen LogP) is 2.16. The van der Waals surface area contributed by atoms with E-state index in [-0.39, 0.29) is 0 Å². The summed E-state index contributed by atoms with van der Waals surface area (Å²) in [5.74, 6) is 0. The lowest BCUT2D eigenvalue weighted by Crippen LogP contribution is -2.12. The van der Waals surface area contributed by atoms with Crippen LogP contribution in [0.1, 0.15) is 17.3 Å². The molecule has 1 aromatic heterocycles. The molecule has 3 N–H and O–H groups in total. The Bertz CT molecular complexity index is 455. The van der Waals surface area contributed by atoms with Crippen molar-refractivity contribution in [2.24, 2.45) is 5.73 Å². The van der Waals surface area contributed by atoms with E-state index in [4.69, 9.17) is 28.9 Å². The number of nitrogens with two attached hydrogens (primary N) is 1. The first-order valence-electron chi connectivity index (χ1n) is 4.24. The second-order valence-electron chi connectivity index (χ2n) is 3.04. The zero-order valence-electron chi connectivity index (χ0n) is 7.61. The van der Waals surface area contributed by atoms with Gasteiger partial charge in [0.1, 0.15) is 5.69 Å². The van der Waals surface area contributed by atoms with Crippen molar-refractivity contribution >= 4 is 23.2 Å².